The predicted octanol–water partition coefficient (Wildman–Crippen LogP) is 2.90. The molecular weight excluding hydrogens is 280 g/mol. The highest BCUT2D eigenvalue weighted by Gasteiger charge is 2.41. The van der Waals surface area contributed by atoms with Crippen molar-refractivity contribution in [2.75, 3.05) is 6.54 Å². The van der Waals surface area contributed by atoms with Gasteiger partial charge in [-0.1, -0.05) is 6.92 Å². The van der Waals surface area contributed by atoms with Gasteiger partial charge in [0.05, 0.1) is 10.4 Å². The lowest BCUT2D eigenvalue weighted by molar-refractivity contribution is 0.0902. The maximum Gasteiger partial charge on any atom is 0.261 e. The summed E-state index contributed by atoms with van der Waals surface area (Å²) in [5, 5.41) is 3.13. The van der Waals surface area contributed by atoms with E-state index in [9.17, 15) is 4.79 Å². The fourth-order valence-electron chi connectivity index (χ4n) is 2.34. The van der Waals surface area contributed by atoms with E-state index in [1.54, 1.807) is 11.3 Å². The van der Waals surface area contributed by atoms with Gasteiger partial charge < -0.3 is 11.1 Å². The highest BCUT2D eigenvalue weighted by atomic mass is 35.5. The highest BCUT2D eigenvalue weighted by molar-refractivity contribution is 7.14. The van der Waals surface area contributed by atoms with Crippen molar-refractivity contribution in [1.82, 2.24) is 5.32 Å². The molecule has 0 saturated heterocycles. The molecule has 0 radical (unpaired) electrons. The molecule has 1 unspecified atom stereocenters. The lowest BCUT2D eigenvalue weighted by Gasteiger charge is -2.29. The van der Waals surface area contributed by atoms with Crippen molar-refractivity contribution in [2.24, 2.45) is 11.7 Å². The summed E-state index contributed by atoms with van der Waals surface area (Å²) in [7, 11) is 0. The Hall–Kier alpha value is -0.580. The highest BCUT2D eigenvalue weighted by Crippen LogP contribution is 2.39. The second-order valence-corrected chi connectivity index (χ2v) is 6.56. The Morgan fingerprint density at radius 2 is 2.21 bits per heavy atom. The summed E-state index contributed by atoms with van der Waals surface area (Å²) in [6.07, 6.45) is 3.34. The monoisotopic (exact) mass is 302 g/mol. The van der Waals surface area contributed by atoms with Crippen LogP contribution >= 0.6 is 23.7 Å². The van der Waals surface area contributed by atoms with Crippen molar-refractivity contribution in [2.45, 2.75) is 45.6 Å². The molecule has 1 heterocycles. The molecule has 1 saturated carbocycles. The number of thiophene rings is 1. The molecule has 1 fully saturated rings. The molecular formula is C14H23ClN2OS. The van der Waals surface area contributed by atoms with Gasteiger partial charge in [-0.05, 0) is 50.7 Å². The second-order valence-electron chi connectivity index (χ2n) is 5.42. The minimum Gasteiger partial charge on any atom is -0.345 e. The Labute approximate surface area is 125 Å². The summed E-state index contributed by atoms with van der Waals surface area (Å²) in [6, 6.07) is 1.99. The van der Waals surface area contributed by atoms with Crippen LogP contribution in [0.2, 0.25) is 0 Å². The molecule has 0 bridgehead atoms. The van der Waals surface area contributed by atoms with Gasteiger partial charge in [0, 0.05) is 11.4 Å². The third-order valence-electron chi connectivity index (χ3n) is 3.87. The molecule has 19 heavy (non-hydrogen) atoms. The van der Waals surface area contributed by atoms with Gasteiger partial charge in [-0.3, -0.25) is 4.79 Å². The molecule has 0 aliphatic heterocycles. The van der Waals surface area contributed by atoms with Crippen LogP contribution < -0.4 is 11.1 Å². The summed E-state index contributed by atoms with van der Waals surface area (Å²) in [5.74, 6) is 0.584. The Morgan fingerprint density at radius 1 is 1.58 bits per heavy atom. The van der Waals surface area contributed by atoms with Crippen LogP contribution in [0.25, 0.3) is 0 Å². The average Bonchev–Trinajstić information content (AvgIpc) is 3.13. The van der Waals surface area contributed by atoms with E-state index in [0.29, 0.717) is 12.5 Å². The molecule has 1 aromatic heterocycles. The fraction of sp³-hybridized carbons (Fsp3) is 0.643. The summed E-state index contributed by atoms with van der Waals surface area (Å²) < 4.78 is 0. The SMILES string of the molecule is CCc1sc(C(=O)NC(C)(CN)C2CC2)cc1C.Cl. The summed E-state index contributed by atoms with van der Waals surface area (Å²) >= 11 is 1.60. The number of amides is 1. The molecule has 3 N–H and O–H groups in total. The van der Waals surface area contributed by atoms with Crippen LogP contribution in [0, 0.1) is 12.8 Å². The first-order chi connectivity index (χ1) is 8.50. The molecule has 3 nitrogen and oxygen atoms in total. The minimum atomic E-state index is -0.235. The third-order valence-corrected chi connectivity index (χ3v) is 5.25. The van der Waals surface area contributed by atoms with Crippen molar-refractivity contribution < 1.29 is 4.79 Å². The molecule has 1 amide bonds. The Morgan fingerprint density at radius 3 is 2.63 bits per heavy atom. The molecule has 1 aliphatic carbocycles. The van der Waals surface area contributed by atoms with Crippen molar-refractivity contribution in [3.63, 3.8) is 0 Å². The average molecular weight is 303 g/mol. The van der Waals surface area contributed by atoms with Crippen LogP contribution in [-0.4, -0.2) is 18.0 Å². The van der Waals surface area contributed by atoms with Gasteiger partial charge in [-0.2, -0.15) is 0 Å². The van der Waals surface area contributed by atoms with Crippen molar-refractivity contribution in [1.29, 1.82) is 0 Å². The topological polar surface area (TPSA) is 55.1 Å². The Balaban J connectivity index is 0.00000180. The van der Waals surface area contributed by atoms with Gasteiger partial charge in [0.1, 0.15) is 0 Å². The van der Waals surface area contributed by atoms with E-state index < -0.39 is 0 Å². The molecule has 2 rings (SSSR count). The van der Waals surface area contributed by atoms with Crippen LogP contribution in [0.3, 0.4) is 0 Å². The number of carbonyl (C=O) groups excluding carboxylic acids is 1. The first-order valence-electron chi connectivity index (χ1n) is 6.62. The zero-order valence-electron chi connectivity index (χ0n) is 11.8. The quantitative estimate of drug-likeness (QED) is 0.878. The van der Waals surface area contributed by atoms with E-state index >= 15 is 0 Å². The first-order valence-corrected chi connectivity index (χ1v) is 7.43. The smallest absolute Gasteiger partial charge is 0.261 e. The van der Waals surface area contributed by atoms with Crippen molar-refractivity contribution in [3.05, 3.63) is 21.4 Å². The van der Waals surface area contributed by atoms with Gasteiger partial charge in [-0.15, -0.1) is 23.7 Å². The molecule has 108 valence electrons. The molecule has 0 aromatic carbocycles. The van der Waals surface area contributed by atoms with E-state index in [1.807, 2.05) is 6.07 Å². The zero-order valence-corrected chi connectivity index (χ0v) is 13.4. The van der Waals surface area contributed by atoms with Gasteiger partial charge in [0.15, 0.2) is 0 Å². The number of aryl methyl sites for hydroxylation is 2. The van der Waals surface area contributed by atoms with E-state index in [-0.39, 0.29) is 23.9 Å². The summed E-state index contributed by atoms with van der Waals surface area (Å²) in [5.41, 5.74) is 6.81. The van der Waals surface area contributed by atoms with Crippen LogP contribution in [0.5, 0.6) is 0 Å². The lowest BCUT2D eigenvalue weighted by atomic mass is 9.96. The molecule has 1 aliphatic rings. The summed E-state index contributed by atoms with van der Waals surface area (Å²) in [6.45, 7) is 6.75. The molecule has 1 aromatic rings. The van der Waals surface area contributed by atoms with Crippen molar-refractivity contribution in [3.8, 4) is 0 Å². The number of rotatable bonds is 5. The van der Waals surface area contributed by atoms with Gasteiger partial charge in [0.2, 0.25) is 0 Å². The minimum absolute atomic E-state index is 0. The van der Waals surface area contributed by atoms with Gasteiger partial charge in [-0.25, -0.2) is 0 Å². The lowest BCUT2D eigenvalue weighted by Crippen LogP contribution is -2.53. The maximum absolute atomic E-state index is 12.3. The van der Waals surface area contributed by atoms with Crippen LogP contribution in [0.4, 0.5) is 0 Å². The van der Waals surface area contributed by atoms with Crippen LogP contribution in [0.1, 0.15) is 46.8 Å². The predicted molar refractivity (Wildman–Crippen MR) is 83.3 cm³/mol. The van der Waals surface area contributed by atoms with E-state index in [0.717, 1.165) is 11.3 Å². The zero-order chi connectivity index (χ0) is 13.3. The molecule has 1 atom stereocenters. The number of nitrogens with one attached hydrogen (secondary N) is 1. The molecule has 5 heteroatoms. The normalized spacial score (nSPS) is 17.5. The number of nitrogens with two attached hydrogens (primary N) is 1. The Bertz CT molecular complexity index is 456. The largest absolute Gasteiger partial charge is 0.345 e. The number of hydrogen-bond acceptors (Lipinski definition) is 3. The number of hydrogen-bond donors (Lipinski definition) is 2. The van der Waals surface area contributed by atoms with Gasteiger partial charge >= 0.3 is 0 Å². The van der Waals surface area contributed by atoms with E-state index in [2.05, 4.69) is 26.1 Å². The van der Waals surface area contributed by atoms with E-state index in [4.69, 9.17) is 5.73 Å². The number of halogens is 1. The van der Waals surface area contributed by atoms with Crippen LogP contribution in [0.15, 0.2) is 6.07 Å². The van der Waals surface area contributed by atoms with E-state index in [1.165, 1.54) is 23.3 Å². The van der Waals surface area contributed by atoms with Gasteiger partial charge in [0.25, 0.3) is 5.91 Å². The first kappa shape index (κ1) is 16.5. The van der Waals surface area contributed by atoms with Crippen molar-refractivity contribution >= 4 is 29.7 Å². The maximum atomic E-state index is 12.3. The number of carbonyl (C=O) groups is 1. The van der Waals surface area contributed by atoms with Crippen LogP contribution in [-0.2, 0) is 6.42 Å². The second kappa shape index (κ2) is 6.25. The summed E-state index contributed by atoms with van der Waals surface area (Å²) in [4.78, 5) is 14.4. The third kappa shape index (κ3) is 3.50. The fourth-order valence-corrected chi connectivity index (χ4v) is 3.35. The Kier molecular flexibility index (Phi) is 5.42. The molecule has 0 spiro atoms. The standard InChI is InChI=1S/C14H22N2OS.ClH/c1-4-11-9(2)7-12(18-11)13(17)16-14(3,8-15)10-5-6-10;/h7,10H,4-6,8,15H2,1-3H3,(H,16,17);1H.